The Morgan fingerprint density at radius 2 is 0.900 bits per heavy atom. The summed E-state index contributed by atoms with van der Waals surface area (Å²) in [5.41, 5.74) is 0. The van der Waals surface area contributed by atoms with Crippen LogP contribution in [0.3, 0.4) is 0 Å². The summed E-state index contributed by atoms with van der Waals surface area (Å²) in [7, 11) is 0. The van der Waals surface area contributed by atoms with Gasteiger partial charge in [0.05, 0.1) is 0 Å². The molecule has 0 saturated heterocycles. The molecule has 0 aromatic rings. The summed E-state index contributed by atoms with van der Waals surface area (Å²) in [6, 6.07) is 0. The Morgan fingerprint density at radius 3 is 1.10 bits per heavy atom. The van der Waals surface area contributed by atoms with E-state index in [1.54, 1.807) is 0 Å². The summed E-state index contributed by atoms with van der Waals surface area (Å²) < 4.78 is 0. The molecular formula is C6H6Li2O2. The number of hydrogen-bond donors (Lipinski definition) is 0. The van der Waals surface area contributed by atoms with Crippen LogP contribution in [0.15, 0.2) is 24.3 Å². The fourth-order valence-corrected chi connectivity index (χ4v) is 0.566. The molecule has 0 amide bonds. The molecule has 0 bridgehead atoms. The maximum absolute atomic E-state index is 10.4. The predicted molar refractivity (Wildman–Crippen MR) is 25.9 cm³/mol. The summed E-state index contributed by atoms with van der Waals surface area (Å²) in [4.78, 5) is 0. The van der Waals surface area contributed by atoms with Crippen LogP contribution in [0.1, 0.15) is 0 Å². The van der Waals surface area contributed by atoms with Crippen LogP contribution in [-0.2, 0) is 0 Å². The Balaban J connectivity index is 0. The third-order valence-corrected chi connectivity index (χ3v) is 0.981. The van der Waals surface area contributed by atoms with Crippen molar-refractivity contribution in [3.63, 3.8) is 0 Å². The fourth-order valence-electron chi connectivity index (χ4n) is 0.566. The zero-order chi connectivity index (χ0) is 5.98. The van der Waals surface area contributed by atoms with Crippen molar-refractivity contribution >= 4 is 0 Å². The first-order valence-electron chi connectivity index (χ1n) is 2.47. The number of hydrogen-bond acceptors (Lipinski definition) is 2. The van der Waals surface area contributed by atoms with Gasteiger partial charge in [0.15, 0.2) is 0 Å². The molecule has 1 aliphatic carbocycles. The molecule has 0 aromatic carbocycles. The summed E-state index contributed by atoms with van der Waals surface area (Å²) >= 11 is 0. The van der Waals surface area contributed by atoms with E-state index in [1.165, 1.54) is 24.3 Å². The molecule has 4 heteroatoms. The van der Waals surface area contributed by atoms with E-state index in [1.807, 2.05) is 0 Å². The van der Waals surface area contributed by atoms with Crippen molar-refractivity contribution in [1.82, 2.24) is 0 Å². The molecule has 44 valence electrons. The second kappa shape index (κ2) is 6.31. The van der Waals surface area contributed by atoms with Crippen molar-refractivity contribution in [1.29, 1.82) is 0 Å². The minimum absolute atomic E-state index is 0. The van der Waals surface area contributed by atoms with Crippen molar-refractivity contribution in [3.05, 3.63) is 24.3 Å². The van der Waals surface area contributed by atoms with E-state index in [0.717, 1.165) is 0 Å². The Bertz CT molecular complexity index is 106. The van der Waals surface area contributed by atoms with Crippen LogP contribution in [0.5, 0.6) is 0 Å². The molecule has 2 nitrogen and oxygen atoms in total. The first-order chi connectivity index (χ1) is 3.79. The van der Waals surface area contributed by atoms with Crippen molar-refractivity contribution in [2.45, 2.75) is 12.2 Å². The first-order valence-corrected chi connectivity index (χ1v) is 2.47. The van der Waals surface area contributed by atoms with Crippen LogP contribution >= 0.6 is 0 Å². The van der Waals surface area contributed by atoms with E-state index < -0.39 is 12.2 Å². The molecule has 10 heavy (non-hydrogen) atoms. The van der Waals surface area contributed by atoms with E-state index in [2.05, 4.69) is 0 Å². The molecule has 0 heterocycles. The van der Waals surface area contributed by atoms with Crippen molar-refractivity contribution in [3.8, 4) is 0 Å². The maximum Gasteiger partial charge on any atom is 1.00 e. The van der Waals surface area contributed by atoms with Gasteiger partial charge in [0.2, 0.25) is 0 Å². The average molecular weight is 124 g/mol. The van der Waals surface area contributed by atoms with Gasteiger partial charge in [-0.15, -0.1) is 0 Å². The average Bonchev–Trinajstić information content (AvgIpc) is 1.77. The van der Waals surface area contributed by atoms with E-state index in [-0.39, 0.29) is 37.7 Å². The van der Waals surface area contributed by atoms with Gasteiger partial charge in [-0.05, 0) is 0 Å². The molecule has 0 atom stereocenters. The van der Waals surface area contributed by atoms with E-state index in [4.69, 9.17) is 0 Å². The van der Waals surface area contributed by atoms with Crippen molar-refractivity contribution in [2.24, 2.45) is 0 Å². The topological polar surface area (TPSA) is 46.1 Å². The molecular weight excluding hydrogens is 118 g/mol. The van der Waals surface area contributed by atoms with Crippen LogP contribution in [0, 0.1) is 0 Å². The zero-order valence-electron chi connectivity index (χ0n) is 6.28. The molecule has 0 N–H and O–H groups in total. The minimum atomic E-state index is -0.791. The van der Waals surface area contributed by atoms with Gasteiger partial charge in [0.1, 0.15) is 0 Å². The van der Waals surface area contributed by atoms with Crippen LogP contribution < -0.4 is 47.9 Å². The van der Waals surface area contributed by atoms with Crippen LogP contribution in [0.4, 0.5) is 0 Å². The van der Waals surface area contributed by atoms with Crippen molar-refractivity contribution in [2.75, 3.05) is 0 Å². The minimum Gasteiger partial charge on any atom is -0.846 e. The maximum atomic E-state index is 10.4. The summed E-state index contributed by atoms with van der Waals surface area (Å²) in [5, 5.41) is 20.8. The second-order valence-electron chi connectivity index (χ2n) is 1.70. The Morgan fingerprint density at radius 1 is 0.700 bits per heavy atom. The van der Waals surface area contributed by atoms with Gasteiger partial charge in [0.25, 0.3) is 0 Å². The molecule has 1 rings (SSSR count). The molecule has 0 fully saturated rings. The van der Waals surface area contributed by atoms with Gasteiger partial charge in [-0.3, -0.25) is 0 Å². The zero-order valence-corrected chi connectivity index (χ0v) is 6.28. The largest absolute Gasteiger partial charge is 1.00 e. The summed E-state index contributed by atoms with van der Waals surface area (Å²) in [6.07, 6.45) is 3.91. The monoisotopic (exact) mass is 124 g/mol. The summed E-state index contributed by atoms with van der Waals surface area (Å²) in [5.74, 6) is 0. The van der Waals surface area contributed by atoms with Crippen molar-refractivity contribution < 1.29 is 47.9 Å². The molecule has 0 saturated carbocycles. The molecule has 0 radical (unpaired) electrons. The van der Waals surface area contributed by atoms with E-state index in [0.29, 0.717) is 0 Å². The quantitative estimate of drug-likeness (QED) is 0.238. The standard InChI is InChI=1S/C6H6O2.2Li/c7-5-1-2-6(8)4-3-5;;/h1-6H;;/q-2;2*+1. The summed E-state index contributed by atoms with van der Waals surface area (Å²) in [6.45, 7) is 0. The van der Waals surface area contributed by atoms with E-state index >= 15 is 0 Å². The van der Waals surface area contributed by atoms with Crippen LogP contribution in [0.25, 0.3) is 0 Å². The van der Waals surface area contributed by atoms with Gasteiger partial charge >= 0.3 is 37.7 Å². The smallest absolute Gasteiger partial charge is 0.846 e. The molecule has 1 aliphatic rings. The SMILES string of the molecule is [Li+].[Li+].[O-]C1C=CC([O-])C=C1. The second-order valence-corrected chi connectivity index (χ2v) is 1.70. The van der Waals surface area contributed by atoms with Crippen LogP contribution in [0.2, 0.25) is 0 Å². The van der Waals surface area contributed by atoms with E-state index in [9.17, 15) is 10.2 Å². The molecule has 0 aliphatic heterocycles. The third-order valence-electron chi connectivity index (χ3n) is 0.981. The molecule has 0 spiro atoms. The third kappa shape index (κ3) is 4.42. The Kier molecular flexibility index (Phi) is 8.34. The van der Waals surface area contributed by atoms with Gasteiger partial charge in [0, 0.05) is 0 Å². The van der Waals surface area contributed by atoms with Crippen LogP contribution in [-0.4, -0.2) is 12.2 Å². The van der Waals surface area contributed by atoms with Gasteiger partial charge in [-0.2, -0.15) is 0 Å². The van der Waals surface area contributed by atoms with Gasteiger partial charge in [-0.25, -0.2) is 0 Å². The van der Waals surface area contributed by atoms with Gasteiger partial charge < -0.3 is 10.2 Å². The predicted octanol–water partition coefficient (Wildman–Crippen LogP) is -7.42. The Hall–Kier alpha value is 0.595. The fraction of sp³-hybridized carbons (Fsp3) is 0.333. The normalized spacial score (nSPS) is 28.6. The Labute approximate surface area is 84.4 Å². The molecule has 0 unspecified atom stereocenters. The number of rotatable bonds is 0. The van der Waals surface area contributed by atoms with Gasteiger partial charge in [-0.1, -0.05) is 36.5 Å². The molecule has 0 aromatic heterocycles. The first kappa shape index (κ1) is 13.2.